The number of pyridine rings is 1. The van der Waals surface area contributed by atoms with Crippen molar-refractivity contribution in [2.75, 3.05) is 0 Å². The summed E-state index contributed by atoms with van der Waals surface area (Å²) >= 11 is 6.23. The molecule has 0 fully saturated rings. The van der Waals surface area contributed by atoms with Crippen LogP contribution >= 0.6 is 24.0 Å². The maximum atomic E-state index is 6.23. The molecule has 0 aliphatic heterocycles. The molecule has 0 bridgehead atoms. The van der Waals surface area contributed by atoms with Crippen LogP contribution in [0.2, 0.25) is 5.02 Å². The van der Waals surface area contributed by atoms with Gasteiger partial charge < -0.3 is 0 Å². The van der Waals surface area contributed by atoms with Crippen molar-refractivity contribution in [2.24, 2.45) is 0 Å². The zero-order valence-electron chi connectivity index (χ0n) is 13.7. The molecule has 0 radical (unpaired) electrons. The maximum absolute atomic E-state index is 6.23. The molecule has 25 heavy (non-hydrogen) atoms. The summed E-state index contributed by atoms with van der Waals surface area (Å²) in [5, 5.41) is 1.80. The van der Waals surface area contributed by atoms with Crippen LogP contribution in [-0.2, 0) is 0 Å². The van der Waals surface area contributed by atoms with Gasteiger partial charge in [0.1, 0.15) is 0 Å². The van der Waals surface area contributed by atoms with Gasteiger partial charge in [-0.3, -0.25) is 0 Å². The summed E-state index contributed by atoms with van der Waals surface area (Å²) in [6, 6.07) is 26.8. The number of rotatable bonds is 2. The summed E-state index contributed by atoms with van der Waals surface area (Å²) < 4.78 is 0. The Balaban J connectivity index is 0.00000182. The summed E-state index contributed by atoms with van der Waals surface area (Å²) in [6.45, 7) is 2.12. The van der Waals surface area contributed by atoms with Gasteiger partial charge >= 0.3 is 0 Å². The van der Waals surface area contributed by atoms with Gasteiger partial charge in [-0.1, -0.05) is 66.2 Å². The Kier molecular flexibility index (Phi) is 5.08. The Labute approximate surface area is 158 Å². The third-order valence-electron chi connectivity index (χ3n) is 4.28. The second kappa shape index (κ2) is 7.26. The average Bonchev–Trinajstić information content (AvgIpc) is 2.62. The van der Waals surface area contributed by atoms with Crippen molar-refractivity contribution in [2.45, 2.75) is 6.92 Å². The van der Waals surface area contributed by atoms with E-state index < -0.39 is 0 Å². The number of aryl methyl sites for hydroxylation is 1. The fraction of sp³-hybridized carbons (Fsp3) is 0.0455. The van der Waals surface area contributed by atoms with Crippen LogP contribution in [0.1, 0.15) is 5.56 Å². The summed E-state index contributed by atoms with van der Waals surface area (Å²) in [6.07, 6.45) is 0. The van der Waals surface area contributed by atoms with Crippen molar-refractivity contribution < 1.29 is 0 Å². The van der Waals surface area contributed by atoms with E-state index in [4.69, 9.17) is 16.6 Å². The zero-order valence-corrected chi connectivity index (χ0v) is 15.3. The molecule has 1 heterocycles. The van der Waals surface area contributed by atoms with E-state index >= 15 is 0 Å². The smallest absolute Gasteiger partial charge is 0.0718 e. The van der Waals surface area contributed by atoms with E-state index in [1.54, 1.807) is 0 Å². The van der Waals surface area contributed by atoms with Gasteiger partial charge in [0.2, 0.25) is 0 Å². The Morgan fingerprint density at radius 2 is 1.48 bits per heavy atom. The molecule has 3 heteroatoms. The standard InChI is InChI=1S/C22H16ClN.ClH/c1-15-7-5-6-10-18(15)22-14-19(16-8-3-2-4-9-16)20-13-17(23)11-12-21(20)24-22;/h2-14H,1H3;1H. The quantitative estimate of drug-likeness (QED) is 0.374. The first-order chi connectivity index (χ1) is 11.7. The van der Waals surface area contributed by atoms with Gasteiger partial charge in [0.15, 0.2) is 0 Å². The molecular weight excluding hydrogens is 349 g/mol. The number of benzene rings is 3. The van der Waals surface area contributed by atoms with Crippen LogP contribution in [0, 0.1) is 6.92 Å². The topological polar surface area (TPSA) is 12.9 Å². The van der Waals surface area contributed by atoms with Crippen LogP contribution in [0.5, 0.6) is 0 Å². The monoisotopic (exact) mass is 365 g/mol. The predicted octanol–water partition coefficient (Wildman–Crippen LogP) is 6.95. The Morgan fingerprint density at radius 3 is 2.24 bits per heavy atom. The summed E-state index contributed by atoms with van der Waals surface area (Å²) in [7, 11) is 0. The zero-order chi connectivity index (χ0) is 16.5. The van der Waals surface area contributed by atoms with Crippen LogP contribution in [0.3, 0.4) is 0 Å². The molecule has 1 nitrogen and oxygen atoms in total. The van der Waals surface area contributed by atoms with E-state index in [-0.39, 0.29) is 12.4 Å². The lowest BCUT2D eigenvalue weighted by Crippen LogP contribution is -1.91. The van der Waals surface area contributed by atoms with Gasteiger partial charge in [0, 0.05) is 16.0 Å². The molecule has 0 unspecified atom stereocenters. The van der Waals surface area contributed by atoms with E-state index in [1.807, 2.05) is 24.3 Å². The Hall–Kier alpha value is -2.35. The molecule has 0 N–H and O–H groups in total. The van der Waals surface area contributed by atoms with Crippen LogP contribution in [0.4, 0.5) is 0 Å². The van der Waals surface area contributed by atoms with Crippen molar-refractivity contribution >= 4 is 34.9 Å². The SMILES string of the molecule is Cc1ccccc1-c1cc(-c2ccccc2)c2cc(Cl)ccc2n1.Cl. The number of nitrogens with zero attached hydrogens (tertiary/aromatic N) is 1. The van der Waals surface area contributed by atoms with Crippen molar-refractivity contribution in [3.63, 3.8) is 0 Å². The third kappa shape index (κ3) is 3.39. The molecule has 0 aliphatic carbocycles. The molecule has 124 valence electrons. The van der Waals surface area contributed by atoms with Gasteiger partial charge in [-0.05, 0) is 47.9 Å². The van der Waals surface area contributed by atoms with Crippen molar-refractivity contribution in [1.82, 2.24) is 4.98 Å². The Morgan fingerprint density at radius 1 is 0.760 bits per heavy atom. The van der Waals surface area contributed by atoms with Crippen LogP contribution < -0.4 is 0 Å². The van der Waals surface area contributed by atoms with Crippen LogP contribution in [-0.4, -0.2) is 4.98 Å². The summed E-state index contributed by atoms with van der Waals surface area (Å²) in [4.78, 5) is 4.87. The lowest BCUT2D eigenvalue weighted by Gasteiger charge is -2.12. The van der Waals surface area contributed by atoms with Gasteiger partial charge in [0.05, 0.1) is 11.2 Å². The van der Waals surface area contributed by atoms with Gasteiger partial charge in [-0.2, -0.15) is 0 Å². The molecule has 0 amide bonds. The highest BCUT2D eigenvalue weighted by molar-refractivity contribution is 6.31. The highest BCUT2D eigenvalue weighted by Gasteiger charge is 2.11. The second-order valence-electron chi connectivity index (χ2n) is 5.90. The minimum Gasteiger partial charge on any atom is -0.248 e. The minimum atomic E-state index is 0. The average molecular weight is 366 g/mol. The highest BCUT2D eigenvalue weighted by Crippen LogP contribution is 2.34. The fourth-order valence-electron chi connectivity index (χ4n) is 3.05. The van der Waals surface area contributed by atoms with Gasteiger partial charge in [-0.15, -0.1) is 12.4 Å². The number of hydrogen-bond donors (Lipinski definition) is 0. The molecule has 0 saturated heterocycles. The molecule has 3 aromatic carbocycles. The van der Waals surface area contributed by atoms with E-state index in [0.717, 1.165) is 32.7 Å². The van der Waals surface area contributed by atoms with E-state index in [0.29, 0.717) is 0 Å². The van der Waals surface area contributed by atoms with Crippen molar-refractivity contribution in [3.05, 3.63) is 89.4 Å². The molecule has 0 spiro atoms. The van der Waals surface area contributed by atoms with Crippen LogP contribution in [0.25, 0.3) is 33.3 Å². The largest absolute Gasteiger partial charge is 0.248 e. The molecule has 4 aromatic rings. The molecule has 1 aromatic heterocycles. The lowest BCUT2D eigenvalue weighted by molar-refractivity contribution is 1.36. The third-order valence-corrected chi connectivity index (χ3v) is 4.51. The minimum absolute atomic E-state index is 0. The first kappa shape index (κ1) is 17.5. The predicted molar refractivity (Wildman–Crippen MR) is 110 cm³/mol. The number of aromatic nitrogens is 1. The van der Waals surface area contributed by atoms with Gasteiger partial charge in [-0.25, -0.2) is 4.98 Å². The number of halogens is 2. The fourth-order valence-corrected chi connectivity index (χ4v) is 3.22. The highest BCUT2D eigenvalue weighted by atomic mass is 35.5. The molecule has 0 aliphatic rings. The summed E-state index contributed by atoms with van der Waals surface area (Å²) in [5.41, 5.74) is 6.65. The van der Waals surface area contributed by atoms with Crippen molar-refractivity contribution in [3.8, 4) is 22.4 Å². The number of fused-ring (bicyclic) bond motifs is 1. The first-order valence-electron chi connectivity index (χ1n) is 7.94. The normalized spacial score (nSPS) is 10.5. The van der Waals surface area contributed by atoms with E-state index in [9.17, 15) is 0 Å². The molecule has 0 atom stereocenters. The maximum Gasteiger partial charge on any atom is 0.0718 e. The Bertz CT molecular complexity index is 1030. The summed E-state index contributed by atoms with van der Waals surface area (Å²) in [5.74, 6) is 0. The van der Waals surface area contributed by atoms with E-state index in [1.165, 1.54) is 11.1 Å². The second-order valence-corrected chi connectivity index (χ2v) is 6.33. The lowest BCUT2D eigenvalue weighted by atomic mass is 9.97. The van der Waals surface area contributed by atoms with Crippen molar-refractivity contribution in [1.29, 1.82) is 0 Å². The molecular formula is C22H17Cl2N. The molecule has 0 saturated carbocycles. The van der Waals surface area contributed by atoms with Gasteiger partial charge in [0.25, 0.3) is 0 Å². The number of hydrogen-bond acceptors (Lipinski definition) is 1. The van der Waals surface area contributed by atoms with Crippen LogP contribution in [0.15, 0.2) is 78.9 Å². The van der Waals surface area contributed by atoms with E-state index in [2.05, 4.69) is 61.5 Å². The first-order valence-corrected chi connectivity index (χ1v) is 8.32. The molecule has 4 rings (SSSR count).